The molecule has 1 aromatic rings. The zero-order chi connectivity index (χ0) is 32.6. The van der Waals surface area contributed by atoms with Crippen molar-refractivity contribution in [3.63, 3.8) is 0 Å². The van der Waals surface area contributed by atoms with E-state index < -0.39 is 41.6 Å². The normalized spacial score (nSPS) is 20.2. The van der Waals surface area contributed by atoms with Crippen molar-refractivity contribution in [1.29, 1.82) is 0 Å². The van der Waals surface area contributed by atoms with Crippen LogP contribution < -0.4 is 16.0 Å². The Bertz CT molecular complexity index is 1190. The summed E-state index contributed by atoms with van der Waals surface area (Å²) >= 11 is 0. The van der Waals surface area contributed by atoms with Gasteiger partial charge in [-0.05, 0) is 56.3 Å². The number of anilines is 1. The van der Waals surface area contributed by atoms with Crippen molar-refractivity contribution in [2.75, 3.05) is 38.5 Å². The first-order chi connectivity index (χ1) is 21.5. The number of carbonyl (C=O) groups excluding carboxylic acids is 4. The first-order valence-electron chi connectivity index (χ1n) is 16.5. The Morgan fingerprint density at radius 3 is 2.13 bits per heavy atom. The van der Waals surface area contributed by atoms with Crippen LogP contribution in [-0.4, -0.2) is 84.7 Å². The van der Waals surface area contributed by atoms with E-state index in [4.69, 9.17) is 0 Å². The van der Waals surface area contributed by atoms with Crippen LogP contribution in [-0.2, 0) is 25.6 Å². The standard InChI is InChI=1S/C33H48F3N5O4/c1-3-28(42)37-27(31(44)41-18-16-40(2)17-19-41)21-22-14-15-26(25(34)20-22)38-30(43)29(23-10-6-4-7-11-23)39-32(45)33(35,36)24-12-8-5-9-13-24/h14-15,20,23-24,27,29H,3-13,16-19,21H2,1-2H3,(H,37,42)(H,38,43)(H,39,45)/t27-,29+/m1/s1. The molecule has 1 saturated heterocycles. The van der Waals surface area contributed by atoms with Gasteiger partial charge < -0.3 is 25.8 Å². The highest BCUT2D eigenvalue weighted by Gasteiger charge is 2.48. The summed E-state index contributed by atoms with van der Waals surface area (Å²) in [5.41, 5.74) is 0.288. The number of nitrogens with zero attached hydrogens (tertiary/aromatic N) is 2. The number of rotatable bonds is 11. The van der Waals surface area contributed by atoms with Crippen LogP contribution in [0.2, 0.25) is 0 Å². The van der Waals surface area contributed by atoms with E-state index in [-0.39, 0.29) is 49.1 Å². The maximum Gasteiger partial charge on any atom is 0.327 e. The number of nitrogens with one attached hydrogen (secondary N) is 3. The van der Waals surface area contributed by atoms with Crippen LogP contribution in [0.5, 0.6) is 0 Å². The Balaban J connectivity index is 1.46. The highest BCUT2D eigenvalue weighted by atomic mass is 19.3. The molecule has 45 heavy (non-hydrogen) atoms. The molecule has 2 aliphatic carbocycles. The molecule has 2 saturated carbocycles. The zero-order valence-electron chi connectivity index (χ0n) is 26.5. The number of piperazine rings is 1. The highest BCUT2D eigenvalue weighted by molar-refractivity contribution is 5.98. The van der Waals surface area contributed by atoms with E-state index in [1.54, 1.807) is 17.9 Å². The van der Waals surface area contributed by atoms with E-state index in [1.165, 1.54) is 12.1 Å². The molecule has 12 heteroatoms. The summed E-state index contributed by atoms with van der Waals surface area (Å²) in [4.78, 5) is 55.7. The second-order valence-electron chi connectivity index (χ2n) is 12.9. The van der Waals surface area contributed by atoms with Gasteiger partial charge in [0.25, 0.3) is 5.91 Å². The zero-order valence-corrected chi connectivity index (χ0v) is 26.5. The smallest absolute Gasteiger partial charge is 0.327 e. The molecule has 4 rings (SSSR count). The molecule has 9 nitrogen and oxygen atoms in total. The molecule has 3 fully saturated rings. The first-order valence-corrected chi connectivity index (χ1v) is 16.5. The van der Waals surface area contributed by atoms with Gasteiger partial charge in [0.2, 0.25) is 17.7 Å². The third kappa shape index (κ3) is 9.20. The van der Waals surface area contributed by atoms with Gasteiger partial charge in [-0.1, -0.05) is 51.5 Å². The van der Waals surface area contributed by atoms with Crippen LogP contribution in [0.1, 0.15) is 83.1 Å². The van der Waals surface area contributed by atoms with Gasteiger partial charge in [-0.15, -0.1) is 0 Å². The van der Waals surface area contributed by atoms with Crippen molar-refractivity contribution >= 4 is 29.3 Å². The average molecular weight is 636 g/mol. The van der Waals surface area contributed by atoms with Gasteiger partial charge >= 0.3 is 5.92 Å². The lowest BCUT2D eigenvalue weighted by molar-refractivity contribution is -0.158. The maximum atomic E-state index is 15.4. The predicted molar refractivity (Wildman–Crippen MR) is 165 cm³/mol. The molecule has 3 aliphatic rings. The third-order valence-electron chi connectivity index (χ3n) is 9.61. The molecule has 0 unspecified atom stereocenters. The number of likely N-dealkylation sites (N-methyl/N-ethyl adjacent to an activating group) is 1. The van der Waals surface area contributed by atoms with Gasteiger partial charge in [0.1, 0.15) is 17.9 Å². The maximum absolute atomic E-state index is 15.4. The van der Waals surface area contributed by atoms with Gasteiger partial charge in [-0.25, -0.2) is 4.39 Å². The van der Waals surface area contributed by atoms with Crippen LogP contribution in [0, 0.1) is 17.7 Å². The van der Waals surface area contributed by atoms with E-state index >= 15 is 13.2 Å². The summed E-state index contributed by atoms with van der Waals surface area (Å²) in [6, 6.07) is 2.02. The number of benzene rings is 1. The molecule has 1 aromatic carbocycles. The number of halogens is 3. The Hall–Kier alpha value is -3.15. The molecule has 0 radical (unpaired) electrons. The van der Waals surface area contributed by atoms with Crippen molar-refractivity contribution in [3.05, 3.63) is 29.6 Å². The summed E-state index contributed by atoms with van der Waals surface area (Å²) in [5.74, 6) is -8.46. The van der Waals surface area contributed by atoms with Crippen LogP contribution in [0.4, 0.5) is 18.9 Å². The summed E-state index contributed by atoms with van der Waals surface area (Å²) in [5, 5.41) is 7.64. The van der Waals surface area contributed by atoms with Crippen LogP contribution in [0.3, 0.4) is 0 Å². The molecule has 0 aromatic heterocycles. The van der Waals surface area contributed by atoms with Crippen molar-refractivity contribution in [2.45, 2.75) is 102 Å². The Kier molecular flexibility index (Phi) is 12.3. The Morgan fingerprint density at radius 1 is 0.911 bits per heavy atom. The topological polar surface area (TPSA) is 111 Å². The van der Waals surface area contributed by atoms with Gasteiger partial charge in [0, 0.05) is 44.9 Å². The number of hydrogen-bond donors (Lipinski definition) is 3. The lowest BCUT2D eigenvalue weighted by Crippen LogP contribution is -2.55. The summed E-state index contributed by atoms with van der Waals surface area (Å²) in [6.45, 7) is 4.16. The van der Waals surface area contributed by atoms with Crippen LogP contribution in [0.25, 0.3) is 0 Å². The molecule has 4 amide bonds. The molecular weight excluding hydrogens is 587 g/mol. The largest absolute Gasteiger partial charge is 0.344 e. The fourth-order valence-corrected chi connectivity index (χ4v) is 6.73. The van der Waals surface area contributed by atoms with E-state index in [2.05, 4.69) is 20.9 Å². The second-order valence-corrected chi connectivity index (χ2v) is 12.9. The summed E-state index contributed by atoms with van der Waals surface area (Å²) < 4.78 is 45.7. The first kappa shape index (κ1) is 34.7. The fraction of sp³-hybridized carbons (Fsp3) is 0.697. The number of amides is 4. The van der Waals surface area contributed by atoms with Gasteiger partial charge in [0.05, 0.1) is 5.69 Å². The minimum atomic E-state index is -3.59. The molecule has 0 spiro atoms. The lowest BCUT2D eigenvalue weighted by atomic mass is 9.82. The van der Waals surface area contributed by atoms with Crippen LogP contribution >= 0.6 is 0 Å². The van der Waals surface area contributed by atoms with Gasteiger partial charge in [-0.2, -0.15) is 8.78 Å². The molecule has 1 aliphatic heterocycles. The third-order valence-corrected chi connectivity index (χ3v) is 9.61. The van der Waals surface area contributed by atoms with E-state index in [9.17, 15) is 19.2 Å². The molecule has 1 heterocycles. The SMILES string of the molecule is CCC(=O)N[C@H](Cc1ccc(NC(=O)[C@@H](NC(=O)C(F)(F)C2CCCCC2)C2CCCCC2)c(F)c1)C(=O)N1CCN(C)CC1. The van der Waals surface area contributed by atoms with Crippen molar-refractivity contribution in [1.82, 2.24) is 20.4 Å². The minimum Gasteiger partial charge on any atom is -0.344 e. The van der Waals surface area contributed by atoms with Crippen molar-refractivity contribution < 1.29 is 32.3 Å². The monoisotopic (exact) mass is 635 g/mol. The van der Waals surface area contributed by atoms with Crippen molar-refractivity contribution in [2.24, 2.45) is 11.8 Å². The second kappa shape index (κ2) is 15.9. The fourth-order valence-electron chi connectivity index (χ4n) is 6.73. The molecule has 0 bridgehead atoms. The van der Waals surface area contributed by atoms with E-state index in [1.807, 2.05) is 7.05 Å². The predicted octanol–water partition coefficient (Wildman–Crippen LogP) is 4.26. The number of alkyl halides is 2. The minimum absolute atomic E-state index is 0.0546. The van der Waals surface area contributed by atoms with Crippen LogP contribution in [0.15, 0.2) is 18.2 Å². The molecular formula is C33H48F3N5O4. The molecule has 2 atom stereocenters. The van der Waals surface area contributed by atoms with Gasteiger partial charge in [-0.3, -0.25) is 19.2 Å². The van der Waals surface area contributed by atoms with E-state index in [0.29, 0.717) is 57.4 Å². The Labute approximate surface area is 264 Å². The number of carbonyl (C=O) groups is 4. The Morgan fingerprint density at radius 2 is 1.53 bits per heavy atom. The summed E-state index contributed by atoms with van der Waals surface area (Å²) in [6.07, 6.45) is 6.72. The highest BCUT2D eigenvalue weighted by Crippen LogP contribution is 2.37. The summed E-state index contributed by atoms with van der Waals surface area (Å²) in [7, 11) is 1.97. The van der Waals surface area contributed by atoms with Gasteiger partial charge in [0.15, 0.2) is 0 Å². The lowest BCUT2D eigenvalue weighted by Gasteiger charge is -2.35. The molecule has 3 N–H and O–H groups in total. The number of hydrogen-bond acceptors (Lipinski definition) is 5. The van der Waals surface area contributed by atoms with E-state index in [0.717, 1.165) is 25.7 Å². The quantitative estimate of drug-likeness (QED) is 0.337. The molecule has 250 valence electrons. The average Bonchev–Trinajstić information content (AvgIpc) is 3.05. The van der Waals surface area contributed by atoms with Crippen molar-refractivity contribution in [3.8, 4) is 0 Å².